The molecular formula is C22H26N4S. The van der Waals surface area contributed by atoms with Crippen LogP contribution >= 0.6 is 12.2 Å². The quantitative estimate of drug-likeness (QED) is 0.652. The van der Waals surface area contributed by atoms with E-state index in [1.165, 1.54) is 16.7 Å². The standard InChI is InChI=1S/C22H26N4S/c1-15-11-12-16(2)21(13-15)23-22(27)25(5)14-20-17(3)24-26(18(20)4)19-9-7-6-8-10-19/h6-13H,14H2,1-5H3,(H,23,27). The predicted octanol–water partition coefficient (Wildman–Crippen LogP) is 4.93. The topological polar surface area (TPSA) is 33.1 Å². The zero-order chi connectivity index (χ0) is 19.6. The molecular weight excluding hydrogens is 352 g/mol. The maximum atomic E-state index is 5.64. The molecule has 0 radical (unpaired) electrons. The van der Waals surface area contributed by atoms with Crippen LogP contribution in [-0.4, -0.2) is 26.8 Å². The molecule has 0 unspecified atom stereocenters. The monoisotopic (exact) mass is 378 g/mol. The van der Waals surface area contributed by atoms with Gasteiger partial charge in [0.05, 0.1) is 11.4 Å². The molecule has 0 bridgehead atoms. The second-order valence-electron chi connectivity index (χ2n) is 7.00. The zero-order valence-corrected chi connectivity index (χ0v) is 17.4. The van der Waals surface area contributed by atoms with Crippen LogP contribution in [0.5, 0.6) is 0 Å². The second kappa shape index (κ2) is 7.92. The fourth-order valence-electron chi connectivity index (χ4n) is 3.11. The van der Waals surface area contributed by atoms with Gasteiger partial charge in [0.15, 0.2) is 5.11 Å². The van der Waals surface area contributed by atoms with Crippen LogP contribution in [0.1, 0.15) is 28.1 Å². The lowest BCUT2D eigenvalue weighted by Gasteiger charge is -2.22. The third-order valence-electron chi connectivity index (χ3n) is 4.82. The summed E-state index contributed by atoms with van der Waals surface area (Å²) in [6.07, 6.45) is 0. The Kier molecular flexibility index (Phi) is 5.61. The molecule has 0 aliphatic heterocycles. The third kappa shape index (κ3) is 4.19. The molecule has 140 valence electrons. The van der Waals surface area contributed by atoms with E-state index in [2.05, 4.69) is 68.2 Å². The first-order chi connectivity index (χ1) is 12.9. The van der Waals surface area contributed by atoms with E-state index < -0.39 is 0 Å². The van der Waals surface area contributed by atoms with Gasteiger partial charge in [-0.25, -0.2) is 4.68 Å². The lowest BCUT2D eigenvalue weighted by molar-refractivity contribution is 0.505. The van der Waals surface area contributed by atoms with Gasteiger partial charge in [-0.3, -0.25) is 0 Å². The summed E-state index contributed by atoms with van der Waals surface area (Å²) in [6.45, 7) is 9.04. The average Bonchev–Trinajstić information content (AvgIpc) is 2.93. The highest BCUT2D eigenvalue weighted by atomic mass is 32.1. The van der Waals surface area contributed by atoms with Gasteiger partial charge in [-0.15, -0.1) is 0 Å². The van der Waals surface area contributed by atoms with Gasteiger partial charge < -0.3 is 10.2 Å². The summed E-state index contributed by atoms with van der Waals surface area (Å²) in [6, 6.07) is 16.6. The van der Waals surface area contributed by atoms with Crippen LogP contribution in [0.2, 0.25) is 0 Å². The van der Waals surface area contributed by atoms with Crippen LogP contribution < -0.4 is 5.32 Å². The molecule has 27 heavy (non-hydrogen) atoms. The molecule has 5 heteroatoms. The lowest BCUT2D eigenvalue weighted by atomic mass is 10.1. The molecule has 1 heterocycles. The number of aryl methyl sites for hydroxylation is 3. The van der Waals surface area contributed by atoms with Gasteiger partial charge in [-0.1, -0.05) is 30.3 Å². The van der Waals surface area contributed by atoms with Crippen molar-refractivity contribution >= 4 is 23.0 Å². The van der Waals surface area contributed by atoms with Crippen LogP contribution in [0.25, 0.3) is 5.69 Å². The van der Waals surface area contributed by atoms with Crippen molar-refractivity contribution in [3.8, 4) is 5.69 Å². The predicted molar refractivity (Wildman–Crippen MR) is 117 cm³/mol. The number of nitrogens with one attached hydrogen (secondary N) is 1. The molecule has 3 aromatic rings. The van der Waals surface area contributed by atoms with Crippen LogP contribution in [0.3, 0.4) is 0 Å². The van der Waals surface area contributed by atoms with E-state index in [0.29, 0.717) is 11.7 Å². The number of rotatable bonds is 4. The van der Waals surface area contributed by atoms with Crippen LogP contribution in [-0.2, 0) is 6.54 Å². The Hall–Kier alpha value is -2.66. The highest BCUT2D eigenvalue weighted by molar-refractivity contribution is 7.80. The molecule has 0 saturated carbocycles. The van der Waals surface area contributed by atoms with Crippen molar-refractivity contribution in [3.63, 3.8) is 0 Å². The van der Waals surface area contributed by atoms with E-state index in [4.69, 9.17) is 17.3 Å². The molecule has 0 spiro atoms. The molecule has 0 amide bonds. The fraction of sp³-hybridized carbons (Fsp3) is 0.273. The first-order valence-corrected chi connectivity index (χ1v) is 9.47. The second-order valence-corrected chi connectivity index (χ2v) is 7.39. The summed E-state index contributed by atoms with van der Waals surface area (Å²) >= 11 is 5.64. The maximum Gasteiger partial charge on any atom is 0.173 e. The number of hydrogen-bond acceptors (Lipinski definition) is 2. The van der Waals surface area contributed by atoms with Crippen LogP contribution in [0.15, 0.2) is 48.5 Å². The molecule has 3 rings (SSSR count). The van der Waals surface area contributed by atoms with Crippen molar-refractivity contribution in [2.24, 2.45) is 0 Å². The summed E-state index contributed by atoms with van der Waals surface area (Å²) in [4.78, 5) is 2.06. The normalized spacial score (nSPS) is 10.7. The van der Waals surface area contributed by atoms with E-state index in [-0.39, 0.29) is 0 Å². The van der Waals surface area contributed by atoms with Gasteiger partial charge in [0.2, 0.25) is 0 Å². The average molecular weight is 379 g/mol. The number of thiocarbonyl (C=S) groups is 1. The summed E-state index contributed by atoms with van der Waals surface area (Å²) in [5.74, 6) is 0. The number of para-hydroxylation sites is 1. The third-order valence-corrected chi connectivity index (χ3v) is 5.23. The highest BCUT2D eigenvalue weighted by Crippen LogP contribution is 2.21. The minimum absolute atomic E-state index is 0.704. The lowest BCUT2D eigenvalue weighted by Crippen LogP contribution is -2.31. The molecule has 0 aliphatic carbocycles. The van der Waals surface area contributed by atoms with E-state index in [0.717, 1.165) is 22.8 Å². The fourth-order valence-corrected chi connectivity index (χ4v) is 3.29. The SMILES string of the molecule is Cc1ccc(C)c(NC(=S)N(C)Cc2c(C)nn(-c3ccccc3)c2C)c1. The van der Waals surface area contributed by atoms with Crippen molar-refractivity contribution in [3.05, 3.63) is 76.6 Å². The number of benzene rings is 2. The summed E-state index contributed by atoms with van der Waals surface area (Å²) in [5, 5.41) is 8.81. The minimum atomic E-state index is 0.704. The summed E-state index contributed by atoms with van der Waals surface area (Å²) in [5.41, 5.74) is 7.89. The van der Waals surface area contributed by atoms with E-state index in [9.17, 15) is 0 Å². The minimum Gasteiger partial charge on any atom is -0.348 e. The number of nitrogens with zero attached hydrogens (tertiary/aromatic N) is 3. The largest absolute Gasteiger partial charge is 0.348 e. The van der Waals surface area contributed by atoms with Gasteiger partial charge in [0.1, 0.15) is 0 Å². The summed E-state index contributed by atoms with van der Waals surface area (Å²) in [7, 11) is 2.01. The van der Waals surface area contributed by atoms with Gasteiger partial charge in [0, 0.05) is 30.5 Å². The Morgan fingerprint density at radius 3 is 2.48 bits per heavy atom. The molecule has 2 aromatic carbocycles. The van der Waals surface area contributed by atoms with E-state index >= 15 is 0 Å². The molecule has 4 nitrogen and oxygen atoms in total. The zero-order valence-electron chi connectivity index (χ0n) is 16.6. The van der Waals surface area contributed by atoms with Gasteiger partial charge in [-0.05, 0) is 69.2 Å². The molecule has 0 atom stereocenters. The van der Waals surface area contributed by atoms with Gasteiger partial charge in [0.25, 0.3) is 0 Å². The van der Waals surface area contributed by atoms with Gasteiger partial charge >= 0.3 is 0 Å². The first-order valence-electron chi connectivity index (χ1n) is 9.06. The Balaban J connectivity index is 1.78. The number of hydrogen-bond donors (Lipinski definition) is 1. The number of aromatic nitrogens is 2. The summed E-state index contributed by atoms with van der Waals surface area (Å²) < 4.78 is 2.00. The van der Waals surface area contributed by atoms with Crippen molar-refractivity contribution in [1.82, 2.24) is 14.7 Å². The molecule has 1 aromatic heterocycles. The van der Waals surface area contributed by atoms with E-state index in [1.807, 2.05) is 29.9 Å². The Labute approximate surface area is 166 Å². The van der Waals surface area contributed by atoms with Crippen LogP contribution in [0, 0.1) is 27.7 Å². The molecule has 0 saturated heterocycles. The Morgan fingerprint density at radius 2 is 1.78 bits per heavy atom. The molecule has 0 fully saturated rings. The van der Waals surface area contributed by atoms with Crippen LogP contribution in [0.4, 0.5) is 5.69 Å². The smallest absolute Gasteiger partial charge is 0.173 e. The van der Waals surface area contributed by atoms with Crippen molar-refractivity contribution in [1.29, 1.82) is 0 Å². The molecule has 1 N–H and O–H groups in total. The van der Waals surface area contributed by atoms with Gasteiger partial charge in [-0.2, -0.15) is 5.10 Å². The van der Waals surface area contributed by atoms with Crippen molar-refractivity contribution < 1.29 is 0 Å². The highest BCUT2D eigenvalue weighted by Gasteiger charge is 2.16. The maximum absolute atomic E-state index is 5.64. The van der Waals surface area contributed by atoms with Crippen molar-refractivity contribution in [2.45, 2.75) is 34.2 Å². The Bertz CT molecular complexity index is 960. The van der Waals surface area contributed by atoms with Crippen molar-refractivity contribution in [2.75, 3.05) is 12.4 Å². The molecule has 0 aliphatic rings. The first kappa shape index (κ1) is 19.1. The van der Waals surface area contributed by atoms with E-state index in [1.54, 1.807) is 0 Å². The Morgan fingerprint density at radius 1 is 1.07 bits per heavy atom. The number of anilines is 1.